The molecule has 3 aromatic carbocycles. The zero-order chi connectivity index (χ0) is 30.8. The molecule has 0 unspecified atom stereocenters. The maximum Gasteiger partial charge on any atom is 0.264 e. The third-order valence-corrected chi connectivity index (χ3v) is 9.85. The van der Waals surface area contributed by atoms with E-state index in [4.69, 9.17) is 4.74 Å². The summed E-state index contributed by atoms with van der Waals surface area (Å²) in [5, 5.41) is 3.18. The lowest BCUT2D eigenvalue weighted by atomic mass is 9.95. The molecule has 0 bridgehead atoms. The summed E-state index contributed by atoms with van der Waals surface area (Å²) in [4.78, 5) is 29.7. The molecule has 0 spiro atoms. The average Bonchev–Trinajstić information content (AvgIpc) is 3.04. The summed E-state index contributed by atoms with van der Waals surface area (Å²) < 4.78 is 34.8. The Hall–Kier alpha value is -3.85. The first-order chi connectivity index (χ1) is 20.8. The first kappa shape index (κ1) is 32.1. The first-order valence-electron chi connectivity index (χ1n) is 15.2. The van der Waals surface area contributed by atoms with Crippen LogP contribution in [0.3, 0.4) is 0 Å². The van der Waals surface area contributed by atoms with E-state index in [-0.39, 0.29) is 23.4 Å². The fourth-order valence-electron chi connectivity index (χ4n) is 5.72. The third-order valence-electron chi connectivity index (χ3n) is 8.08. The lowest BCUT2D eigenvalue weighted by molar-refractivity contribution is -0.140. The van der Waals surface area contributed by atoms with Crippen molar-refractivity contribution in [2.45, 2.75) is 82.3 Å². The van der Waals surface area contributed by atoms with Gasteiger partial charge in [0.15, 0.2) is 0 Å². The number of aryl methyl sites for hydroxylation is 1. The van der Waals surface area contributed by atoms with E-state index in [0.29, 0.717) is 24.3 Å². The number of methoxy groups -OCH3 is 1. The molecular weight excluding hydrogens is 562 g/mol. The molecule has 0 saturated heterocycles. The number of hydrogen-bond donors (Lipinski definition) is 1. The van der Waals surface area contributed by atoms with Crippen LogP contribution < -0.4 is 14.4 Å². The molecule has 2 amide bonds. The molecule has 0 aromatic heterocycles. The van der Waals surface area contributed by atoms with E-state index in [1.807, 2.05) is 50.2 Å². The number of hydrogen-bond acceptors (Lipinski definition) is 5. The highest BCUT2D eigenvalue weighted by Crippen LogP contribution is 2.29. The number of anilines is 1. The van der Waals surface area contributed by atoms with E-state index in [9.17, 15) is 18.0 Å². The molecule has 1 N–H and O–H groups in total. The fourth-order valence-corrected chi connectivity index (χ4v) is 7.19. The largest absolute Gasteiger partial charge is 0.497 e. The lowest BCUT2D eigenvalue weighted by Crippen LogP contribution is -2.54. The molecule has 0 heterocycles. The second kappa shape index (κ2) is 15.0. The minimum atomic E-state index is -4.11. The fraction of sp³-hybridized carbons (Fsp3) is 0.412. The van der Waals surface area contributed by atoms with Crippen molar-refractivity contribution < 1.29 is 22.7 Å². The van der Waals surface area contributed by atoms with Gasteiger partial charge in [0.2, 0.25) is 11.8 Å². The number of nitrogens with one attached hydrogen (secondary N) is 1. The summed E-state index contributed by atoms with van der Waals surface area (Å²) in [7, 11) is -2.53. The minimum absolute atomic E-state index is 0.0791. The van der Waals surface area contributed by atoms with E-state index in [1.54, 1.807) is 37.4 Å². The van der Waals surface area contributed by atoms with Crippen molar-refractivity contribution in [2.24, 2.45) is 0 Å². The Morgan fingerprint density at radius 3 is 2.30 bits per heavy atom. The van der Waals surface area contributed by atoms with Gasteiger partial charge in [0.25, 0.3) is 10.0 Å². The molecule has 1 saturated carbocycles. The number of ether oxygens (including phenoxy) is 1. The van der Waals surface area contributed by atoms with Crippen molar-refractivity contribution in [1.29, 1.82) is 0 Å². The zero-order valence-electron chi connectivity index (χ0n) is 25.4. The summed E-state index contributed by atoms with van der Waals surface area (Å²) in [6, 6.07) is 22.0. The van der Waals surface area contributed by atoms with Gasteiger partial charge >= 0.3 is 0 Å². The summed E-state index contributed by atoms with van der Waals surface area (Å²) in [6.07, 6.45) is 6.10. The molecule has 0 radical (unpaired) electrons. The van der Waals surface area contributed by atoms with Crippen LogP contribution in [0, 0.1) is 0 Å². The van der Waals surface area contributed by atoms with Crippen molar-refractivity contribution in [1.82, 2.24) is 10.2 Å². The predicted molar refractivity (Wildman–Crippen MR) is 169 cm³/mol. The average molecular weight is 606 g/mol. The standard InChI is InChI=1S/C34H43N3O5S/c1-4-27-16-12-13-22-32(27)37(43(40,41)30-20-10-7-11-21-30)25-33(38)36(24-26-15-14-19-29(23-26)42-3)31(5-2)34(39)35-28-17-8-6-9-18-28/h7,10-16,19-23,28,31H,4-6,8-9,17-18,24-25H2,1-3H3,(H,35,39)/t31-/m0/s1. The van der Waals surface area contributed by atoms with E-state index in [0.717, 1.165) is 43.2 Å². The van der Waals surface area contributed by atoms with Crippen molar-refractivity contribution in [3.05, 3.63) is 90.0 Å². The number of amides is 2. The molecule has 1 aliphatic rings. The quantitative estimate of drug-likeness (QED) is 0.269. The number of benzene rings is 3. The summed E-state index contributed by atoms with van der Waals surface area (Å²) in [5.41, 5.74) is 2.03. The van der Waals surface area contributed by atoms with Gasteiger partial charge in [-0.25, -0.2) is 8.42 Å². The van der Waals surface area contributed by atoms with E-state index >= 15 is 0 Å². The van der Waals surface area contributed by atoms with E-state index < -0.39 is 28.5 Å². The zero-order valence-corrected chi connectivity index (χ0v) is 26.2. The first-order valence-corrected chi connectivity index (χ1v) is 16.6. The van der Waals surface area contributed by atoms with Crippen molar-refractivity contribution in [3.63, 3.8) is 0 Å². The highest BCUT2D eigenvalue weighted by atomic mass is 32.2. The molecule has 3 aromatic rings. The van der Waals surface area contributed by atoms with Gasteiger partial charge in [-0.3, -0.25) is 13.9 Å². The Balaban J connectivity index is 1.73. The van der Waals surface area contributed by atoms with Gasteiger partial charge in [-0.15, -0.1) is 0 Å². The smallest absolute Gasteiger partial charge is 0.264 e. The number of carbonyl (C=O) groups is 2. The molecule has 0 aliphatic heterocycles. The molecule has 1 aliphatic carbocycles. The van der Waals surface area contributed by atoms with Gasteiger partial charge in [0.05, 0.1) is 17.7 Å². The maximum absolute atomic E-state index is 14.4. The van der Waals surface area contributed by atoms with Crippen LogP contribution in [0.5, 0.6) is 5.75 Å². The number of nitrogens with zero attached hydrogens (tertiary/aromatic N) is 2. The van der Waals surface area contributed by atoms with Crippen LogP contribution in [0.15, 0.2) is 83.8 Å². The topological polar surface area (TPSA) is 96.0 Å². The van der Waals surface area contributed by atoms with Crippen LogP contribution in [0.1, 0.15) is 63.5 Å². The monoisotopic (exact) mass is 605 g/mol. The lowest BCUT2D eigenvalue weighted by Gasteiger charge is -2.35. The van der Waals surface area contributed by atoms with Crippen molar-refractivity contribution in [2.75, 3.05) is 18.0 Å². The van der Waals surface area contributed by atoms with E-state index in [2.05, 4.69) is 5.32 Å². The van der Waals surface area contributed by atoms with Gasteiger partial charge in [-0.1, -0.05) is 81.6 Å². The molecule has 230 valence electrons. The van der Waals surface area contributed by atoms with Gasteiger partial charge in [-0.05, 0) is 67.1 Å². The van der Waals surface area contributed by atoms with Crippen LogP contribution in [0.2, 0.25) is 0 Å². The molecular formula is C34H43N3O5S. The molecule has 1 fully saturated rings. The van der Waals surface area contributed by atoms with Gasteiger partial charge in [0.1, 0.15) is 18.3 Å². The second-order valence-corrected chi connectivity index (χ2v) is 12.8. The summed E-state index contributed by atoms with van der Waals surface area (Å²) in [5.74, 6) is -0.0364. The molecule has 8 nitrogen and oxygen atoms in total. The van der Waals surface area contributed by atoms with Crippen molar-refractivity contribution >= 4 is 27.5 Å². The molecule has 9 heteroatoms. The van der Waals surface area contributed by atoms with Gasteiger partial charge < -0.3 is 15.0 Å². The second-order valence-electron chi connectivity index (χ2n) is 10.9. The number of rotatable bonds is 13. The summed E-state index contributed by atoms with van der Waals surface area (Å²) in [6.45, 7) is 3.50. The highest BCUT2D eigenvalue weighted by Gasteiger charge is 2.35. The number of para-hydroxylation sites is 1. The van der Waals surface area contributed by atoms with Crippen LogP contribution >= 0.6 is 0 Å². The van der Waals surface area contributed by atoms with Gasteiger partial charge in [-0.2, -0.15) is 0 Å². The predicted octanol–water partition coefficient (Wildman–Crippen LogP) is 5.71. The number of carbonyl (C=O) groups excluding carboxylic acids is 2. The van der Waals surface area contributed by atoms with Crippen LogP contribution in [0.4, 0.5) is 5.69 Å². The SMILES string of the molecule is CCc1ccccc1N(CC(=O)N(Cc1cccc(OC)c1)[C@@H](CC)C(=O)NC1CCCCC1)S(=O)(=O)c1ccccc1. The Morgan fingerprint density at radius 2 is 1.63 bits per heavy atom. The van der Waals surface area contributed by atoms with Gasteiger partial charge in [0, 0.05) is 12.6 Å². The normalized spacial score (nSPS) is 14.5. The Bertz CT molecular complexity index is 1470. The Labute approximate surface area is 256 Å². The Morgan fingerprint density at radius 1 is 0.930 bits per heavy atom. The molecule has 43 heavy (non-hydrogen) atoms. The molecule has 1 atom stereocenters. The minimum Gasteiger partial charge on any atom is -0.497 e. The molecule has 4 rings (SSSR count). The maximum atomic E-state index is 14.4. The highest BCUT2D eigenvalue weighted by molar-refractivity contribution is 7.92. The third kappa shape index (κ3) is 7.96. The van der Waals surface area contributed by atoms with Crippen LogP contribution in [-0.4, -0.2) is 50.9 Å². The van der Waals surface area contributed by atoms with Crippen LogP contribution in [-0.2, 0) is 32.6 Å². The Kier molecular flexibility index (Phi) is 11.2. The van der Waals surface area contributed by atoms with Crippen molar-refractivity contribution in [3.8, 4) is 5.75 Å². The summed E-state index contributed by atoms with van der Waals surface area (Å²) >= 11 is 0. The van der Waals surface area contributed by atoms with Crippen LogP contribution in [0.25, 0.3) is 0 Å². The number of sulfonamides is 1. The van der Waals surface area contributed by atoms with E-state index in [1.165, 1.54) is 21.3 Å².